The summed E-state index contributed by atoms with van der Waals surface area (Å²) in [5.74, 6) is 4.64. The molecule has 2 atom stereocenters. The Bertz CT molecular complexity index is 393. The third-order valence-electron chi connectivity index (χ3n) is 6.94. The topological polar surface area (TPSA) is 32.3 Å². The highest BCUT2D eigenvalue weighted by atomic mass is 16.2. The molecule has 4 bridgehead atoms. The second-order valence-corrected chi connectivity index (χ2v) is 8.51. The molecule has 21 heavy (non-hydrogen) atoms. The van der Waals surface area contributed by atoms with Gasteiger partial charge in [0, 0.05) is 13.1 Å². The summed E-state index contributed by atoms with van der Waals surface area (Å²) in [4.78, 5) is 15.1. The fourth-order valence-electron chi connectivity index (χ4n) is 6.22. The number of nitrogens with one attached hydrogen (secondary N) is 1. The van der Waals surface area contributed by atoms with Crippen molar-refractivity contribution in [2.45, 2.75) is 64.0 Å². The third kappa shape index (κ3) is 2.42. The van der Waals surface area contributed by atoms with Gasteiger partial charge in [0.25, 0.3) is 0 Å². The number of carbonyl (C=O) groups excluding carboxylic acids is 1. The average molecular weight is 290 g/mol. The molecule has 1 saturated heterocycles. The second kappa shape index (κ2) is 5.26. The molecule has 0 aromatic carbocycles. The summed E-state index contributed by atoms with van der Waals surface area (Å²) in [6.07, 6.45) is 9.29. The number of piperidine rings is 1. The van der Waals surface area contributed by atoms with Gasteiger partial charge in [0.15, 0.2) is 0 Å². The van der Waals surface area contributed by atoms with E-state index in [1.54, 1.807) is 0 Å². The van der Waals surface area contributed by atoms with Crippen molar-refractivity contribution in [3.05, 3.63) is 0 Å². The molecule has 1 aliphatic heterocycles. The number of hydrogen-bond donors (Lipinski definition) is 1. The molecule has 1 N–H and O–H groups in total. The Morgan fingerprint density at radius 2 is 1.62 bits per heavy atom. The second-order valence-electron chi connectivity index (χ2n) is 8.51. The molecule has 118 valence electrons. The van der Waals surface area contributed by atoms with Gasteiger partial charge in [0.05, 0.1) is 6.04 Å². The van der Waals surface area contributed by atoms with E-state index >= 15 is 0 Å². The minimum atomic E-state index is 0.0796. The Morgan fingerprint density at radius 1 is 1.00 bits per heavy atom. The van der Waals surface area contributed by atoms with Crippen LogP contribution in [0.5, 0.6) is 0 Å². The molecule has 4 saturated carbocycles. The van der Waals surface area contributed by atoms with Gasteiger partial charge in [-0.1, -0.05) is 6.92 Å². The monoisotopic (exact) mass is 290 g/mol. The molecule has 1 amide bonds. The zero-order valence-corrected chi connectivity index (χ0v) is 13.6. The molecule has 5 aliphatic rings. The predicted octanol–water partition coefficient (Wildman–Crippen LogP) is 2.66. The van der Waals surface area contributed by atoms with Crippen LogP contribution in [0, 0.1) is 29.6 Å². The van der Waals surface area contributed by atoms with Crippen molar-refractivity contribution in [3.63, 3.8) is 0 Å². The maximum atomic E-state index is 12.9. The summed E-state index contributed by atoms with van der Waals surface area (Å²) in [5, 5.41) is 3.46. The van der Waals surface area contributed by atoms with Gasteiger partial charge in [-0.2, -0.15) is 0 Å². The zero-order valence-electron chi connectivity index (χ0n) is 13.6. The Hall–Kier alpha value is -0.570. The van der Waals surface area contributed by atoms with Crippen LogP contribution in [0.3, 0.4) is 0 Å². The fraction of sp³-hybridized carbons (Fsp3) is 0.944. The standard InChI is InChI=1S/C18H30N2O/c1-11-3-4-19-16(5-11)18(21)20(2)17-14-7-12-6-13(9-14)10-15(17)8-12/h11-17,19H,3-10H2,1-2H3. The first kappa shape index (κ1) is 14.0. The van der Waals surface area contributed by atoms with E-state index < -0.39 is 0 Å². The maximum Gasteiger partial charge on any atom is 0.239 e. The lowest BCUT2D eigenvalue weighted by atomic mass is 9.54. The zero-order chi connectivity index (χ0) is 14.6. The lowest BCUT2D eigenvalue weighted by Gasteiger charge is -2.57. The van der Waals surface area contributed by atoms with Gasteiger partial charge in [-0.05, 0) is 81.1 Å². The molecule has 3 nitrogen and oxygen atoms in total. The van der Waals surface area contributed by atoms with Crippen LogP contribution in [-0.2, 0) is 4.79 Å². The number of hydrogen-bond acceptors (Lipinski definition) is 2. The molecule has 5 fully saturated rings. The van der Waals surface area contributed by atoms with Gasteiger partial charge in [0.2, 0.25) is 5.91 Å². The first-order valence-corrected chi connectivity index (χ1v) is 9.12. The van der Waals surface area contributed by atoms with Crippen molar-refractivity contribution < 1.29 is 4.79 Å². The van der Waals surface area contributed by atoms with Crippen LogP contribution in [0.25, 0.3) is 0 Å². The van der Waals surface area contributed by atoms with E-state index in [1.807, 2.05) is 0 Å². The SMILES string of the molecule is CC1CCNC(C(=O)N(C)C2C3CC4CC(C3)CC2C4)C1. The van der Waals surface area contributed by atoms with Crippen molar-refractivity contribution in [3.8, 4) is 0 Å². The number of rotatable bonds is 2. The van der Waals surface area contributed by atoms with E-state index in [0.717, 1.165) is 36.6 Å². The van der Waals surface area contributed by atoms with Crippen molar-refractivity contribution in [2.24, 2.45) is 29.6 Å². The van der Waals surface area contributed by atoms with E-state index in [0.29, 0.717) is 17.9 Å². The highest BCUT2D eigenvalue weighted by Gasteiger charge is 2.50. The number of amides is 1. The minimum Gasteiger partial charge on any atom is -0.341 e. The van der Waals surface area contributed by atoms with E-state index in [-0.39, 0.29) is 6.04 Å². The smallest absolute Gasteiger partial charge is 0.239 e. The van der Waals surface area contributed by atoms with Crippen molar-refractivity contribution in [1.29, 1.82) is 0 Å². The van der Waals surface area contributed by atoms with Crippen molar-refractivity contribution in [1.82, 2.24) is 10.2 Å². The van der Waals surface area contributed by atoms with E-state index in [4.69, 9.17) is 0 Å². The van der Waals surface area contributed by atoms with Crippen LogP contribution < -0.4 is 5.32 Å². The molecule has 0 aromatic rings. The molecular formula is C18H30N2O. The summed E-state index contributed by atoms with van der Waals surface area (Å²) < 4.78 is 0. The Labute approximate surface area is 128 Å². The highest BCUT2D eigenvalue weighted by Crippen LogP contribution is 2.55. The van der Waals surface area contributed by atoms with Gasteiger partial charge < -0.3 is 10.2 Å². The van der Waals surface area contributed by atoms with Gasteiger partial charge in [0.1, 0.15) is 0 Å². The Balaban J connectivity index is 1.47. The van der Waals surface area contributed by atoms with E-state index in [1.165, 1.54) is 38.5 Å². The van der Waals surface area contributed by atoms with Gasteiger partial charge in [-0.25, -0.2) is 0 Å². The molecule has 5 rings (SSSR count). The molecule has 0 radical (unpaired) electrons. The summed E-state index contributed by atoms with van der Waals surface area (Å²) in [5.41, 5.74) is 0. The maximum absolute atomic E-state index is 12.9. The third-order valence-corrected chi connectivity index (χ3v) is 6.94. The largest absolute Gasteiger partial charge is 0.341 e. The van der Waals surface area contributed by atoms with Crippen LogP contribution in [0.4, 0.5) is 0 Å². The van der Waals surface area contributed by atoms with Crippen molar-refractivity contribution in [2.75, 3.05) is 13.6 Å². The predicted molar refractivity (Wildman–Crippen MR) is 83.8 cm³/mol. The molecule has 0 aromatic heterocycles. The normalized spacial score (nSPS) is 48.4. The van der Waals surface area contributed by atoms with Gasteiger partial charge in [-0.15, -0.1) is 0 Å². The quantitative estimate of drug-likeness (QED) is 0.848. The lowest BCUT2D eigenvalue weighted by molar-refractivity contribution is -0.144. The summed E-state index contributed by atoms with van der Waals surface area (Å²) >= 11 is 0. The first-order chi connectivity index (χ1) is 10.1. The van der Waals surface area contributed by atoms with Crippen molar-refractivity contribution >= 4 is 5.91 Å². The lowest BCUT2D eigenvalue weighted by Crippen LogP contribution is -2.59. The Kier molecular flexibility index (Phi) is 3.52. The molecule has 0 spiro atoms. The van der Waals surface area contributed by atoms with Crippen LogP contribution in [-0.4, -0.2) is 36.5 Å². The molecular weight excluding hydrogens is 260 g/mol. The minimum absolute atomic E-state index is 0.0796. The van der Waals surface area contributed by atoms with Crippen LogP contribution in [0.15, 0.2) is 0 Å². The van der Waals surface area contributed by atoms with Crippen LogP contribution in [0.2, 0.25) is 0 Å². The van der Waals surface area contributed by atoms with E-state index in [2.05, 4.69) is 24.2 Å². The average Bonchev–Trinajstić information content (AvgIpc) is 2.45. The molecule has 2 unspecified atom stereocenters. The summed E-state index contributed by atoms with van der Waals surface area (Å²) in [7, 11) is 2.09. The highest BCUT2D eigenvalue weighted by molar-refractivity contribution is 5.82. The molecule has 3 heteroatoms. The number of carbonyl (C=O) groups is 1. The fourth-order valence-corrected chi connectivity index (χ4v) is 6.22. The Morgan fingerprint density at radius 3 is 2.19 bits per heavy atom. The van der Waals surface area contributed by atoms with Gasteiger partial charge >= 0.3 is 0 Å². The summed E-state index contributed by atoms with van der Waals surface area (Å²) in [6, 6.07) is 0.625. The molecule has 4 aliphatic carbocycles. The number of nitrogens with zero attached hydrogens (tertiary/aromatic N) is 1. The van der Waals surface area contributed by atoms with E-state index in [9.17, 15) is 4.79 Å². The summed E-state index contributed by atoms with van der Waals surface area (Å²) in [6.45, 7) is 3.29. The first-order valence-electron chi connectivity index (χ1n) is 9.12. The molecule has 1 heterocycles. The van der Waals surface area contributed by atoms with Crippen LogP contribution >= 0.6 is 0 Å². The van der Waals surface area contributed by atoms with Gasteiger partial charge in [-0.3, -0.25) is 4.79 Å². The number of likely N-dealkylation sites (N-methyl/N-ethyl adjacent to an activating group) is 1. The van der Waals surface area contributed by atoms with Crippen LogP contribution in [0.1, 0.15) is 51.9 Å².